The molecule has 1 aromatic carbocycles. The third-order valence-corrected chi connectivity index (χ3v) is 4.05. The molecule has 0 saturated carbocycles. The van der Waals surface area contributed by atoms with Crippen LogP contribution in [-0.2, 0) is 5.41 Å². The first-order valence-electron chi connectivity index (χ1n) is 7.24. The molecule has 1 aliphatic heterocycles. The summed E-state index contributed by atoms with van der Waals surface area (Å²) in [4.78, 5) is 2.49. The molecule has 2 heteroatoms. The minimum absolute atomic E-state index is 0.181. The minimum Gasteiger partial charge on any atom is -0.371 e. The molecule has 2 nitrogen and oxygen atoms in total. The Morgan fingerprint density at radius 2 is 1.84 bits per heavy atom. The normalized spacial score (nSPS) is 17.3. The lowest BCUT2D eigenvalue weighted by atomic mass is 9.84. The number of anilines is 1. The van der Waals surface area contributed by atoms with Gasteiger partial charge in [0.05, 0.1) is 6.07 Å². The number of benzene rings is 1. The molecule has 0 aromatic heterocycles. The van der Waals surface area contributed by atoms with E-state index in [4.69, 9.17) is 5.26 Å². The second kappa shape index (κ2) is 5.65. The Balaban J connectivity index is 2.14. The van der Waals surface area contributed by atoms with Crippen LogP contribution in [0.15, 0.2) is 24.3 Å². The molecule has 0 unspecified atom stereocenters. The van der Waals surface area contributed by atoms with Gasteiger partial charge in [0.15, 0.2) is 0 Å². The van der Waals surface area contributed by atoms with E-state index < -0.39 is 0 Å². The van der Waals surface area contributed by atoms with Crippen molar-refractivity contribution in [3.05, 3.63) is 29.8 Å². The summed E-state index contributed by atoms with van der Waals surface area (Å²) in [5, 5.41) is 8.79. The Morgan fingerprint density at radius 1 is 1.21 bits per heavy atom. The number of para-hydroxylation sites is 1. The molecule has 0 spiro atoms. The molecule has 1 heterocycles. The molecule has 1 aromatic rings. The first-order valence-corrected chi connectivity index (χ1v) is 7.24. The van der Waals surface area contributed by atoms with Crippen molar-refractivity contribution in [1.82, 2.24) is 0 Å². The molecule has 102 valence electrons. The van der Waals surface area contributed by atoms with Gasteiger partial charge in [0.25, 0.3) is 0 Å². The monoisotopic (exact) mass is 256 g/mol. The van der Waals surface area contributed by atoms with Gasteiger partial charge in [-0.25, -0.2) is 0 Å². The zero-order chi connectivity index (χ0) is 13.9. The Labute approximate surface area is 117 Å². The number of nitriles is 1. The van der Waals surface area contributed by atoms with Crippen LogP contribution in [0.2, 0.25) is 0 Å². The Bertz CT molecular complexity index is 457. The van der Waals surface area contributed by atoms with Crippen molar-refractivity contribution < 1.29 is 0 Å². The van der Waals surface area contributed by atoms with Crippen molar-refractivity contribution in [2.45, 2.75) is 45.4 Å². The molecular weight excluding hydrogens is 232 g/mol. The predicted molar refractivity (Wildman–Crippen MR) is 80.3 cm³/mol. The van der Waals surface area contributed by atoms with Crippen LogP contribution in [0.1, 0.15) is 45.6 Å². The van der Waals surface area contributed by atoms with Crippen molar-refractivity contribution in [2.24, 2.45) is 5.92 Å². The fourth-order valence-electron chi connectivity index (χ4n) is 2.89. The molecular formula is C17H24N2. The lowest BCUT2D eigenvalue weighted by Crippen LogP contribution is -2.35. The first kappa shape index (κ1) is 13.9. The fourth-order valence-corrected chi connectivity index (χ4v) is 2.89. The standard InChI is InChI=1S/C17H24N2/c1-17(2,3)15-6-4-5-7-16(15)19-12-9-14(8-11-18)10-13-19/h4-7,14H,8-10,12-13H2,1-3H3. The second-order valence-electron chi connectivity index (χ2n) is 6.56. The lowest BCUT2D eigenvalue weighted by molar-refractivity contribution is 0.411. The van der Waals surface area contributed by atoms with Gasteiger partial charge in [-0.3, -0.25) is 0 Å². The van der Waals surface area contributed by atoms with E-state index in [1.165, 1.54) is 11.3 Å². The molecule has 1 aliphatic rings. The van der Waals surface area contributed by atoms with Crippen molar-refractivity contribution in [2.75, 3.05) is 18.0 Å². The molecule has 1 saturated heterocycles. The maximum Gasteiger partial charge on any atom is 0.0624 e. The van der Waals surface area contributed by atoms with E-state index in [0.717, 1.165) is 32.4 Å². The van der Waals surface area contributed by atoms with E-state index in [1.54, 1.807) is 0 Å². The number of nitrogens with zero attached hydrogens (tertiary/aromatic N) is 2. The van der Waals surface area contributed by atoms with Gasteiger partial charge < -0.3 is 4.90 Å². The van der Waals surface area contributed by atoms with Gasteiger partial charge in [-0.05, 0) is 35.8 Å². The molecule has 0 amide bonds. The fraction of sp³-hybridized carbons (Fsp3) is 0.588. The second-order valence-corrected chi connectivity index (χ2v) is 6.56. The lowest BCUT2D eigenvalue weighted by Gasteiger charge is -2.36. The van der Waals surface area contributed by atoms with E-state index >= 15 is 0 Å². The molecule has 19 heavy (non-hydrogen) atoms. The summed E-state index contributed by atoms with van der Waals surface area (Å²) >= 11 is 0. The van der Waals surface area contributed by atoms with Crippen LogP contribution >= 0.6 is 0 Å². The summed E-state index contributed by atoms with van der Waals surface area (Å²) in [6.07, 6.45) is 3.01. The highest BCUT2D eigenvalue weighted by Gasteiger charge is 2.24. The van der Waals surface area contributed by atoms with Crippen LogP contribution in [0.25, 0.3) is 0 Å². The van der Waals surface area contributed by atoms with Crippen LogP contribution < -0.4 is 4.90 Å². The number of hydrogen-bond acceptors (Lipinski definition) is 2. The Kier molecular flexibility index (Phi) is 4.14. The molecule has 1 fully saturated rings. The number of piperidine rings is 1. The van der Waals surface area contributed by atoms with Gasteiger partial charge >= 0.3 is 0 Å². The number of rotatable bonds is 2. The molecule has 0 N–H and O–H groups in total. The molecule has 0 radical (unpaired) electrons. The zero-order valence-corrected chi connectivity index (χ0v) is 12.3. The summed E-state index contributed by atoms with van der Waals surface area (Å²) in [5.74, 6) is 0.600. The van der Waals surface area contributed by atoms with Crippen LogP contribution in [0, 0.1) is 17.2 Å². The maximum absolute atomic E-state index is 8.79. The summed E-state index contributed by atoms with van der Waals surface area (Å²) in [5.41, 5.74) is 2.99. The number of hydrogen-bond donors (Lipinski definition) is 0. The van der Waals surface area contributed by atoms with Crippen molar-refractivity contribution in [3.8, 4) is 6.07 Å². The van der Waals surface area contributed by atoms with Gasteiger partial charge in [-0.2, -0.15) is 5.26 Å². The van der Waals surface area contributed by atoms with Crippen molar-refractivity contribution in [3.63, 3.8) is 0 Å². The SMILES string of the molecule is CC(C)(C)c1ccccc1N1CCC(CC#N)CC1. The van der Waals surface area contributed by atoms with Gasteiger partial charge in [-0.15, -0.1) is 0 Å². The zero-order valence-electron chi connectivity index (χ0n) is 12.3. The highest BCUT2D eigenvalue weighted by Crippen LogP contribution is 2.34. The quantitative estimate of drug-likeness (QED) is 0.796. The average molecular weight is 256 g/mol. The Morgan fingerprint density at radius 3 is 2.42 bits per heavy atom. The van der Waals surface area contributed by atoms with Crippen molar-refractivity contribution in [1.29, 1.82) is 5.26 Å². The molecule has 0 aliphatic carbocycles. The van der Waals surface area contributed by atoms with Crippen LogP contribution in [-0.4, -0.2) is 13.1 Å². The smallest absolute Gasteiger partial charge is 0.0624 e. The third-order valence-electron chi connectivity index (χ3n) is 4.05. The summed E-state index contributed by atoms with van der Waals surface area (Å²) in [6, 6.07) is 11.1. The van der Waals surface area contributed by atoms with E-state index in [1.807, 2.05) is 0 Å². The van der Waals surface area contributed by atoms with Gasteiger partial charge in [0.2, 0.25) is 0 Å². The summed E-state index contributed by atoms with van der Waals surface area (Å²) in [6.45, 7) is 8.98. The van der Waals surface area contributed by atoms with Crippen molar-refractivity contribution >= 4 is 5.69 Å². The van der Waals surface area contributed by atoms with E-state index in [2.05, 4.69) is 56.0 Å². The molecule has 0 bridgehead atoms. The van der Waals surface area contributed by atoms with Crippen LogP contribution in [0.5, 0.6) is 0 Å². The maximum atomic E-state index is 8.79. The van der Waals surface area contributed by atoms with E-state index in [-0.39, 0.29) is 5.41 Å². The summed E-state index contributed by atoms with van der Waals surface area (Å²) < 4.78 is 0. The molecule has 0 atom stereocenters. The van der Waals surface area contributed by atoms with Crippen LogP contribution in [0.4, 0.5) is 5.69 Å². The van der Waals surface area contributed by atoms with E-state index in [9.17, 15) is 0 Å². The van der Waals surface area contributed by atoms with Gasteiger partial charge in [0, 0.05) is 25.2 Å². The molecule has 2 rings (SSSR count). The highest BCUT2D eigenvalue weighted by molar-refractivity contribution is 5.56. The summed E-state index contributed by atoms with van der Waals surface area (Å²) in [7, 11) is 0. The van der Waals surface area contributed by atoms with Gasteiger partial charge in [0.1, 0.15) is 0 Å². The largest absolute Gasteiger partial charge is 0.371 e. The first-order chi connectivity index (χ1) is 9.02. The third kappa shape index (κ3) is 3.29. The average Bonchev–Trinajstić information content (AvgIpc) is 2.39. The topological polar surface area (TPSA) is 27.0 Å². The highest BCUT2D eigenvalue weighted by atomic mass is 15.1. The Hall–Kier alpha value is -1.49. The van der Waals surface area contributed by atoms with Gasteiger partial charge in [-0.1, -0.05) is 39.0 Å². The van der Waals surface area contributed by atoms with E-state index in [0.29, 0.717) is 5.92 Å². The minimum atomic E-state index is 0.181. The van der Waals surface area contributed by atoms with Crippen LogP contribution in [0.3, 0.4) is 0 Å². The predicted octanol–water partition coefficient (Wildman–Crippen LogP) is 4.11.